The van der Waals surface area contributed by atoms with Crippen LogP contribution in [0.15, 0.2) is 41.2 Å². The molecule has 9 heteroatoms. The average Bonchev–Trinajstić information content (AvgIpc) is 2.90. The first-order valence-electron chi connectivity index (χ1n) is 9.01. The molecule has 3 rings (SSSR count). The number of halogens is 1. The van der Waals surface area contributed by atoms with Crippen LogP contribution in [0.3, 0.4) is 0 Å². The zero-order valence-corrected chi connectivity index (χ0v) is 18.2. The maximum atomic E-state index is 13.1. The lowest BCUT2D eigenvalue weighted by Crippen LogP contribution is -2.30. The van der Waals surface area contributed by atoms with Gasteiger partial charge in [0.05, 0.1) is 36.5 Å². The molecule has 29 heavy (non-hydrogen) atoms. The Bertz CT molecular complexity index is 1210. The maximum Gasteiger partial charge on any atom is 0.329 e. The Hall–Kier alpha value is -2.45. The van der Waals surface area contributed by atoms with Gasteiger partial charge in [0.15, 0.2) is 11.5 Å². The van der Waals surface area contributed by atoms with Crippen LogP contribution < -0.4 is 15.2 Å². The van der Waals surface area contributed by atoms with E-state index in [9.17, 15) is 13.2 Å². The number of methoxy groups -OCH3 is 1. The van der Waals surface area contributed by atoms with Gasteiger partial charge >= 0.3 is 5.69 Å². The van der Waals surface area contributed by atoms with Crippen LogP contribution in [0.2, 0.25) is 5.02 Å². The van der Waals surface area contributed by atoms with E-state index >= 15 is 0 Å². The number of ether oxygens (including phenoxy) is 2. The zero-order valence-electron chi connectivity index (χ0n) is 16.7. The molecular formula is C20H23ClN2O5S. The molecule has 0 N–H and O–H groups in total. The summed E-state index contributed by atoms with van der Waals surface area (Å²) in [4.78, 5) is 13.1. The molecule has 156 valence electrons. The van der Waals surface area contributed by atoms with Crippen molar-refractivity contribution in [2.24, 2.45) is 7.05 Å². The van der Waals surface area contributed by atoms with Gasteiger partial charge < -0.3 is 9.47 Å². The van der Waals surface area contributed by atoms with E-state index in [1.165, 1.54) is 16.2 Å². The predicted molar refractivity (Wildman–Crippen MR) is 114 cm³/mol. The molecule has 0 aliphatic heterocycles. The molecule has 0 aliphatic carbocycles. The third kappa shape index (κ3) is 4.28. The highest BCUT2D eigenvalue weighted by atomic mass is 35.5. The minimum atomic E-state index is -3.41. The van der Waals surface area contributed by atoms with Crippen molar-refractivity contribution in [2.75, 3.05) is 25.7 Å². The van der Waals surface area contributed by atoms with Crippen molar-refractivity contribution >= 4 is 32.5 Å². The number of benzene rings is 2. The number of hydrogen-bond donors (Lipinski definition) is 0. The molecule has 3 aromatic rings. The van der Waals surface area contributed by atoms with Gasteiger partial charge in [-0.1, -0.05) is 17.7 Å². The third-order valence-corrected chi connectivity index (χ3v) is 5.85. The quantitative estimate of drug-likeness (QED) is 0.566. The minimum Gasteiger partial charge on any atom is -0.493 e. The summed E-state index contributed by atoms with van der Waals surface area (Å²) >= 11 is 6.09. The van der Waals surface area contributed by atoms with E-state index < -0.39 is 15.9 Å². The average molecular weight is 439 g/mol. The van der Waals surface area contributed by atoms with Gasteiger partial charge in [0.25, 0.3) is 0 Å². The molecule has 0 saturated carbocycles. The van der Waals surface area contributed by atoms with Gasteiger partial charge in [-0.05, 0) is 42.8 Å². The fourth-order valence-electron chi connectivity index (χ4n) is 3.41. The maximum absolute atomic E-state index is 13.1. The number of rotatable bonds is 7. The lowest BCUT2D eigenvalue weighted by atomic mass is 10.1. The fourth-order valence-corrected chi connectivity index (χ4v) is 4.49. The van der Waals surface area contributed by atoms with Gasteiger partial charge in [0.2, 0.25) is 0 Å². The number of fused-ring (bicyclic) bond motifs is 1. The van der Waals surface area contributed by atoms with Gasteiger partial charge in [-0.25, -0.2) is 13.2 Å². The highest BCUT2D eigenvalue weighted by Gasteiger charge is 2.26. The number of aryl methyl sites for hydroxylation is 1. The van der Waals surface area contributed by atoms with Gasteiger partial charge in [0.1, 0.15) is 9.84 Å². The van der Waals surface area contributed by atoms with Gasteiger partial charge in [-0.3, -0.25) is 9.13 Å². The minimum absolute atomic E-state index is 0.244. The Morgan fingerprint density at radius 3 is 2.45 bits per heavy atom. The molecule has 2 aromatic carbocycles. The first-order chi connectivity index (χ1) is 13.7. The first kappa shape index (κ1) is 21.3. The second-order valence-electron chi connectivity index (χ2n) is 6.80. The molecule has 0 amide bonds. The van der Waals surface area contributed by atoms with Crippen LogP contribution in [-0.2, 0) is 16.9 Å². The molecule has 1 heterocycles. The standard InChI is InChI=1S/C20H23ClN2O5S/c1-5-28-19-10-13(6-9-18(19)27-3)17(12-29(4,25)26)23-15-8-7-14(21)11-16(15)22(2)20(23)24/h6-11,17H,5,12H2,1-4H3/t17-/m1/s1. The third-order valence-electron chi connectivity index (χ3n) is 4.70. The first-order valence-corrected chi connectivity index (χ1v) is 11.4. The van der Waals surface area contributed by atoms with E-state index in [4.69, 9.17) is 21.1 Å². The normalized spacial score (nSPS) is 12.9. The second kappa shape index (κ2) is 8.12. The van der Waals surface area contributed by atoms with E-state index in [1.807, 2.05) is 6.92 Å². The van der Waals surface area contributed by atoms with Crippen molar-refractivity contribution in [2.45, 2.75) is 13.0 Å². The summed E-state index contributed by atoms with van der Waals surface area (Å²) in [6, 6.07) is 9.53. The number of sulfone groups is 1. The van der Waals surface area contributed by atoms with Gasteiger partial charge in [0, 0.05) is 18.3 Å². The van der Waals surface area contributed by atoms with E-state index in [0.29, 0.717) is 39.7 Å². The smallest absolute Gasteiger partial charge is 0.329 e. The summed E-state index contributed by atoms with van der Waals surface area (Å²) in [6.07, 6.45) is 1.15. The van der Waals surface area contributed by atoms with Crippen LogP contribution in [0.25, 0.3) is 11.0 Å². The Kier molecular flexibility index (Phi) is 5.95. The fraction of sp³-hybridized carbons (Fsp3) is 0.350. The lowest BCUT2D eigenvalue weighted by molar-refractivity contribution is 0.310. The molecule has 0 fully saturated rings. The van der Waals surface area contributed by atoms with E-state index in [2.05, 4.69) is 0 Å². The van der Waals surface area contributed by atoms with Crippen LogP contribution in [0, 0.1) is 0 Å². The molecule has 0 radical (unpaired) electrons. The highest BCUT2D eigenvalue weighted by Crippen LogP contribution is 2.33. The van der Waals surface area contributed by atoms with Crippen LogP contribution >= 0.6 is 11.6 Å². The summed E-state index contributed by atoms with van der Waals surface area (Å²) in [6.45, 7) is 2.27. The topological polar surface area (TPSA) is 79.5 Å². The van der Waals surface area contributed by atoms with Crippen LogP contribution in [0.4, 0.5) is 0 Å². The molecule has 1 atom stereocenters. The molecule has 1 aromatic heterocycles. The number of nitrogens with zero attached hydrogens (tertiary/aromatic N) is 2. The number of imidazole rings is 1. The second-order valence-corrected chi connectivity index (χ2v) is 9.42. The monoisotopic (exact) mass is 438 g/mol. The van der Waals surface area contributed by atoms with Gasteiger partial charge in [-0.2, -0.15) is 0 Å². The Balaban J connectivity index is 2.28. The Morgan fingerprint density at radius 2 is 1.83 bits per heavy atom. The van der Waals surface area contributed by atoms with Crippen molar-refractivity contribution < 1.29 is 17.9 Å². The predicted octanol–water partition coefficient (Wildman–Crippen LogP) is 3.03. The Morgan fingerprint density at radius 1 is 1.10 bits per heavy atom. The van der Waals surface area contributed by atoms with Crippen molar-refractivity contribution in [3.05, 3.63) is 57.5 Å². The Labute approximate surface area is 174 Å². The van der Waals surface area contributed by atoms with Gasteiger partial charge in [-0.15, -0.1) is 0 Å². The van der Waals surface area contributed by atoms with Crippen molar-refractivity contribution in [3.63, 3.8) is 0 Å². The molecule has 0 saturated heterocycles. The summed E-state index contributed by atoms with van der Waals surface area (Å²) in [7, 11) is -0.246. The van der Waals surface area contributed by atoms with Crippen molar-refractivity contribution in [3.8, 4) is 11.5 Å². The molecule has 7 nitrogen and oxygen atoms in total. The van der Waals surface area contributed by atoms with Crippen LogP contribution in [0.1, 0.15) is 18.5 Å². The van der Waals surface area contributed by atoms with E-state index in [-0.39, 0.29) is 11.4 Å². The SMILES string of the molecule is CCOc1cc([C@@H](CS(C)(=O)=O)n2c(=O)n(C)c3cc(Cl)ccc32)ccc1OC. The van der Waals surface area contributed by atoms with E-state index in [0.717, 1.165) is 6.26 Å². The van der Waals surface area contributed by atoms with Crippen molar-refractivity contribution in [1.29, 1.82) is 0 Å². The molecule has 0 unspecified atom stereocenters. The molecular weight excluding hydrogens is 416 g/mol. The molecule has 0 bridgehead atoms. The number of hydrogen-bond acceptors (Lipinski definition) is 5. The summed E-state index contributed by atoms with van der Waals surface area (Å²) < 4.78 is 38.4. The lowest BCUT2D eigenvalue weighted by Gasteiger charge is -2.20. The summed E-state index contributed by atoms with van der Waals surface area (Å²) in [5.74, 6) is 0.778. The molecule has 0 spiro atoms. The summed E-state index contributed by atoms with van der Waals surface area (Å²) in [5.41, 5.74) is 1.53. The van der Waals surface area contributed by atoms with Crippen molar-refractivity contribution in [1.82, 2.24) is 9.13 Å². The number of aromatic nitrogens is 2. The largest absolute Gasteiger partial charge is 0.493 e. The van der Waals surface area contributed by atoms with Crippen LogP contribution in [0.5, 0.6) is 11.5 Å². The zero-order chi connectivity index (χ0) is 21.3. The molecule has 0 aliphatic rings. The van der Waals surface area contributed by atoms with Crippen LogP contribution in [-0.4, -0.2) is 43.3 Å². The highest BCUT2D eigenvalue weighted by molar-refractivity contribution is 7.90. The van der Waals surface area contributed by atoms with E-state index in [1.54, 1.807) is 43.4 Å². The summed E-state index contributed by atoms with van der Waals surface area (Å²) in [5, 5.41) is 0.494.